The minimum absolute atomic E-state index is 0.336. The quantitative estimate of drug-likeness (QED) is 0.391. The fraction of sp³-hybridized carbons (Fsp3) is 0.667. The fourth-order valence-electron chi connectivity index (χ4n) is 1.26. The van der Waals surface area contributed by atoms with E-state index < -0.39 is 11.9 Å². The van der Waals surface area contributed by atoms with Crippen LogP contribution in [0.3, 0.4) is 0 Å². The summed E-state index contributed by atoms with van der Waals surface area (Å²) in [6, 6.07) is 0. The highest BCUT2D eigenvalue weighted by Crippen LogP contribution is 2.05. The molecule has 0 saturated heterocycles. The molecule has 0 rings (SSSR count). The molecule has 0 heterocycles. The van der Waals surface area contributed by atoms with Crippen LogP contribution < -0.4 is 5.73 Å². The average molecular weight is 227 g/mol. The van der Waals surface area contributed by atoms with Gasteiger partial charge in [-0.25, -0.2) is 4.79 Å². The molecule has 0 unspecified atom stereocenters. The SMILES string of the molecule is CCCCCCOC(=O)C(=CC(N)=O)CC. The van der Waals surface area contributed by atoms with Gasteiger partial charge in [-0.1, -0.05) is 33.1 Å². The van der Waals surface area contributed by atoms with E-state index in [9.17, 15) is 9.59 Å². The molecule has 92 valence electrons. The van der Waals surface area contributed by atoms with Gasteiger partial charge in [0.15, 0.2) is 0 Å². The predicted molar refractivity (Wildman–Crippen MR) is 62.7 cm³/mol. The first kappa shape index (κ1) is 14.7. The van der Waals surface area contributed by atoms with Crippen molar-refractivity contribution in [2.45, 2.75) is 46.0 Å². The van der Waals surface area contributed by atoms with Gasteiger partial charge in [-0.05, 0) is 12.8 Å². The van der Waals surface area contributed by atoms with Crippen molar-refractivity contribution in [1.29, 1.82) is 0 Å². The van der Waals surface area contributed by atoms with E-state index in [-0.39, 0.29) is 0 Å². The normalized spacial score (nSPS) is 11.2. The summed E-state index contributed by atoms with van der Waals surface area (Å²) in [6.07, 6.45) is 5.81. The van der Waals surface area contributed by atoms with E-state index in [0.29, 0.717) is 18.6 Å². The van der Waals surface area contributed by atoms with Crippen LogP contribution in [0.5, 0.6) is 0 Å². The van der Waals surface area contributed by atoms with E-state index in [1.165, 1.54) is 0 Å². The van der Waals surface area contributed by atoms with Gasteiger partial charge >= 0.3 is 5.97 Å². The zero-order chi connectivity index (χ0) is 12.4. The summed E-state index contributed by atoms with van der Waals surface area (Å²) in [6.45, 7) is 4.32. The Morgan fingerprint density at radius 1 is 1.19 bits per heavy atom. The number of rotatable bonds is 8. The molecule has 2 N–H and O–H groups in total. The summed E-state index contributed by atoms with van der Waals surface area (Å²) in [7, 11) is 0. The second-order valence-corrected chi connectivity index (χ2v) is 3.62. The van der Waals surface area contributed by atoms with Crippen molar-refractivity contribution in [1.82, 2.24) is 0 Å². The molecule has 0 aliphatic heterocycles. The van der Waals surface area contributed by atoms with E-state index >= 15 is 0 Å². The lowest BCUT2D eigenvalue weighted by Gasteiger charge is -2.05. The average Bonchev–Trinajstić information content (AvgIpc) is 2.25. The van der Waals surface area contributed by atoms with Crippen molar-refractivity contribution in [3.8, 4) is 0 Å². The van der Waals surface area contributed by atoms with Gasteiger partial charge in [-0.3, -0.25) is 4.79 Å². The number of carbonyl (C=O) groups excluding carboxylic acids is 2. The van der Waals surface area contributed by atoms with Crippen LogP contribution in [0.15, 0.2) is 11.6 Å². The Balaban J connectivity index is 3.90. The Kier molecular flexibility index (Phi) is 8.21. The molecular weight excluding hydrogens is 206 g/mol. The molecule has 0 fully saturated rings. The third kappa shape index (κ3) is 7.04. The summed E-state index contributed by atoms with van der Waals surface area (Å²) in [4.78, 5) is 22.1. The van der Waals surface area contributed by atoms with Crippen molar-refractivity contribution in [2.75, 3.05) is 6.61 Å². The summed E-state index contributed by atoms with van der Waals surface area (Å²) < 4.78 is 5.03. The second-order valence-electron chi connectivity index (χ2n) is 3.62. The lowest BCUT2D eigenvalue weighted by Crippen LogP contribution is -2.13. The Labute approximate surface area is 96.8 Å². The van der Waals surface area contributed by atoms with Gasteiger partial charge in [-0.15, -0.1) is 0 Å². The first-order chi connectivity index (χ1) is 7.61. The van der Waals surface area contributed by atoms with Crippen molar-refractivity contribution in [2.24, 2.45) is 5.73 Å². The standard InChI is InChI=1S/C12H21NO3/c1-3-5-6-7-8-16-12(15)10(4-2)9-11(13)14/h9H,3-8H2,1-2H3,(H2,13,14). The molecule has 1 amide bonds. The number of primary amides is 1. The Morgan fingerprint density at radius 2 is 1.88 bits per heavy atom. The topological polar surface area (TPSA) is 69.4 Å². The summed E-state index contributed by atoms with van der Waals surface area (Å²) in [5.74, 6) is -1.04. The molecule has 0 aliphatic rings. The second kappa shape index (κ2) is 8.95. The van der Waals surface area contributed by atoms with Crippen LogP contribution >= 0.6 is 0 Å². The van der Waals surface area contributed by atoms with Crippen LogP contribution in [0.1, 0.15) is 46.0 Å². The minimum Gasteiger partial charge on any atom is -0.462 e. The van der Waals surface area contributed by atoms with Gasteiger partial charge < -0.3 is 10.5 Å². The summed E-state index contributed by atoms with van der Waals surface area (Å²) >= 11 is 0. The molecule has 0 aromatic carbocycles. The highest BCUT2D eigenvalue weighted by Gasteiger charge is 2.09. The van der Waals surface area contributed by atoms with Crippen LogP contribution in [0.2, 0.25) is 0 Å². The van der Waals surface area contributed by atoms with E-state index in [4.69, 9.17) is 10.5 Å². The summed E-state index contributed by atoms with van der Waals surface area (Å²) in [5.41, 5.74) is 5.31. The van der Waals surface area contributed by atoms with Crippen LogP contribution in [-0.4, -0.2) is 18.5 Å². The number of ether oxygens (including phenoxy) is 1. The molecule has 0 aromatic heterocycles. The van der Waals surface area contributed by atoms with Gasteiger partial charge in [0.2, 0.25) is 5.91 Å². The molecule has 0 atom stereocenters. The lowest BCUT2D eigenvalue weighted by molar-refractivity contribution is -0.139. The summed E-state index contributed by atoms with van der Waals surface area (Å²) in [5, 5.41) is 0. The number of amides is 1. The largest absolute Gasteiger partial charge is 0.462 e. The number of esters is 1. The van der Waals surface area contributed by atoms with Gasteiger partial charge in [0.05, 0.1) is 6.61 Å². The van der Waals surface area contributed by atoms with Gasteiger partial charge in [0.25, 0.3) is 0 Å². The molecule has 4 nitrogen and oxygen atoms in total. The van der Waals surface area contributed by atoms with Crippen LogP contribution in [-0.2, 0) is 14.3 Å². The van der Waals surface area contributed by atoms with E-state index in [2.05, 4.69) is 6.92 Å². The van der Waals surface area contributed by atoms with E-state index in [0.717, 1.165) is 31.8 Å². The number of unbranched alkanes of at least 4 members (excludes halogenated alkanes) is 3. The van der Waals surface area contributed by atoms with Gasteiger partial charge in [0.1, 0.15) is 0 Å². The van der Waals surface area contributed by atoms with Crippen molar-refractivity contribution in [3.63, 3.8) is 0 Å². The maximum absolute atomic E-state index is 11.4. The Morgan fingerprint density at radius 3 is 2.38 bits per heavy atom. The smallest absolute Gasteiger partial charge is 0.334 e. The molecule has 0 spiro atoms. The van der Waals surface area contributed by atoms with Gasteiger partial charge in [-0.2, -0.15) is 0 Å². The zero-order valence-electron chi connectivity index (χ0n) is 10.1. The minimum atomic E-state index is -0.611. The number of nitrogens with two attached hydrogens (primary N) is 1. The number of hydrogen-bond acceptors (Lipinski definition) is 3. The van der Waals surface area contributed by atoms with E-state index in [1.54, 1.807) is 6.92 Å². The van der Waals surface area contributed by atoms with Gasteiger partial charge in [0, 0.05) is 11.6 Å². The Bertz CT molecular complexity index is 259. The monoisotopic (exact) mass is 227 g/mol. The first-order valence-corrected chi connectivity index (χ1v) is 5.78. The predicted octanol–water partition coefficient (Wildman–Crippen LogP) is 1.93. The zero-order valence-corrected chi connectivity index (χ0v) is 10.1. The fourth-order valence-corrected chi connectivity index (χ4v) is 1.26. The highest BCUT2D eigenvalue weighted by atomic mass is 16.5. The van der Waals surface area contributed by atoms with Crippen molar-refractivity contribution in [3.05, 3.63) is 11.6 Å². The maximum Gasteiger partial charge on any atom is 0.334 e. The van der Waals surface area contributed by atoms with Crippen molar-refractivity contribution >= 4 is 11.9 Å². The number of carbonyl (C=O) groups is 2. The first-order valence-electron chi connectivity index (χ1n) is 5.78. The van der Waals surface area contributed by atoms with Crippen LogP contribution in [0.25, 0.3) is 0 Å². The molecule has 0 aliphatic carbocycles. The Hall–Kier alpha value is -1.32. The highest BCUT2D eigenvalue weighted by molar-refractivity contribution is 5.97. The van der Waals surface area contributed by atoms with Crippen molar-refractivity contribution < 1.29 is 14.3 Å². The third-order valence-electron chi connectivity index (χ3n) is 2.19. The molecule has 4 heteroatoms. The molecule has 16 heavy (non-hydrogen) atoms. The molecule has 0 bridgehead atoms. The maximum atomic E-state index is 11.4. The molecule has 0 aromatic rings. The molecule has 0 radical (unpaired) electrons. The van der Waals surface area contributed by atoms with Crippen LogP contribution in [0.4, 0.5) is 0 Å². The number of hydrogen-bond donors (Lipinski definition) is 1. The lowest BCUT2D eigenvalue weighted by atomic mass is 10.2. The van der Waals surface area contributed by atoms with Crippen LogP contribution in [0, 0.1) is 0 Å². The van der Waals surface area contributed by atoms with E-state index in [1.807, 2.05) is 0 Å². The third-order valence-corrected chi connectivity index (χ3v) is 2.19. The molecule has 0 saturated carbocycles. The molecular formula is C12H21NO3.